The summed E-state index contributed by atoms with van der Waals surface area (Å²) in [6.45, 7) is 0. The van der Waals surface area contributed by atoms with Crippen molar-refractivity contribution in [1.29, 1.82) is 0 Å². The number of nitrogens with two attached hydrogens (primary N) is 1. The summed E-state index contributed by atoms with van der Waals surface area (Å²) < 4.78 is 27.6. The Bertz CT molecular complexity index is 585. The highest BCUT2D eigenvalue weighted by atomic mass is 35.5. The molecular weight excluding hydrogens is 293 g/mol. The lowest BCUT2D eigenvalue weighted by atomic mass is 9.98. The molecule has 0 radical (unpaired) electrons. The summed E-state index contributed by atoms with van der Waals surface area (Å²) in [4.78, 5) is 0. The molecule has 1 unspecified atom stereocenters. The van der Waals surface area contributed by atoms with Gasteiger partial charge in [-0.15, -0.1) is 0 Å². The zero-order valence-corrected chi connectivity index (χ0v) is 11.1. The van der Waals surface area contributed by atoms with E-state index >= 15 is 0 Å². The van der Waals surface area contributed by atoms with Crippen molar-refractivity contribution in [2.24, 2.45) is 5.84 Å². The van der Waals surface area contributed by atoms with Crippen molar-refractivity contribution in [2.75, 3.05) is 0 Å². The molecule has 3 N–H and O–H groups in total. The molecule has 2 aromatic rings. The molecule has 0 saturated heterocycles. The minimum absolute atomic E-state index is 0.200. The van der Waals surface area contributed by atoms with Crippen molar-refractivity contribution >= 4 is 23.2 Å². The van der Waals surface area contributed by atoms with Gasteiger partial charge in [-0.2, -0.15) is 0 Å². The molecule has 6 heteroatoms. The third-order valence-corrected chi connectivity index (χ3v) is 3.30. The predicted octanol–water partition coefficient (Wildman–Crippen LogP) is 3.82. The lowest BCUT2D eigenvalue weighted by Gasteiger charge is -2.19. The van der Waals surface area contributed by atoms with Crippen LogP contribution < -0.4 is 11.3 Å². The lowest BCUT2D eigenvalue weighted by molar-refractivity contribution is 0.510. The van der Waals surface area contributed by atoms with Crippen molar-refractivity contribution in [3.63, 3.8) is 0 Å². The Balaban J connectivity index is 2.59. The molecule has 19 heavy (non-hydrogen) atoms. The second kappa shape index (κ2) is 5.84. The largest absolute Gasteiger partial charge is 0.271 e. The maximum Gasteiger partial charge on any atom is 0.131 e. The molecule has 1 atom stereocenters. The van der Waals surface area contributed by atoms with E-state index in [4.69, 9.17) is 29.0 Å². The van der Waals surface area contributed by atoms with Gasteiger partial charge < -0.3 is 0 Å². The zero-order valence-electron chi connectivity index (χ0n) is 9.63. The van der Waals surface area contributed by atoms with Gasteiger partial charge in [0.05, 0.1) is 6.04 Å². The molecule has 100 valence electrons. The molecule has 0 heterocycles. The number of hydrogen-bond acceptors (Lipinski definition) is 2. The van der Waals surface area contributed by atoms with E-state index in [2.05, 4.69) is 5.43 Å². The van der Waals surface area contributed by atoms with E-state index in [1.807, 2.05) is 0 Å². The highest BCUT2D eigenvalue weighted by Gasteiger charge is 2.23. The van der Waals surface area contributed by atoms with Crippen LogP contribution in [0.4, 0.5) is 8.78 Å². The molecule has 0 aliphatic carbocycles. The molecule has 0 amide bonds. The number of hydrogen-bond donors (Lipinski definition) is 2. The Morgan fingerprint density at radius 1 is 1.05 bits per heavy atom. The van der Waals surface area contributed by atoms with Gasteiger partial charge in [-0.05, 0) is 35.9 Å². The van der Waals surface area contributed by atoms with E-state index in [0.717, 1.165) is 12.1 Å². The quantitative estimate of drug-likeness (QED) is 0.668. The maximum atomic E-state index is 13.8. The average molecular weight is 303 g/mol. The SMILES string of the molecule is NNC(c1cc(Cl)ccc1Cl)c1c(F)cccc1F. The van der Waals surface area contributed by atoms with Gasteiger partial charge in [0, 0.05) is 15.6 Å². The summed E-state index contributed by atoms with van der Waals surface area (Å²) in [7, 11) is 0. The highest BCUT2D eigenvalue weighted by Crippen LogP contribution is 2.32. The lowest BCUT2D eigenvalue weighted by Crippen LogP contribution is -2.30. The summed E-state index contributed by atoms with van der Waals surface area (Å²) in [5.74, 6) is 3.99. The average Bonchev–Trinajstić information content (AvgIpc) is 2.37. The van der Waals surface area contributed by atoms with E-state index < -0.39 is 17.7 Å². The van der Waals surface area contributed by atoms with Crippen molar-refractivity contribution in [3.8, 4) is 0 Å². The Morgan fingerprint density at radius 3 is 2.26 bits per heavy atom. The van der Waals surface area contributed by atoms with Crippen molar-refractivity contribution in [1.82, 2.24) is 5.43 Å². The Hall–Kier alpha value is -1.20. The monoisotopic (exact) mass is 302 g/mol. The summed E-state index contributed by atoms with van der Waals surface area (Å²) in [5, 5.41) is 0.714. The Morgan fingerprint density at radius 2 is 1.68 bits per heavy atom. The van der Waals surface area contributed by atoms with Crippen molar-refractivity contribution in [3.05, 3.63) is 69.2 Å². The molecule has 0 aromatic heterocycles. The van der Waals surface area contributed by atoms with Gasteiger partial charge in [0.1, 0.15) is 11.6 Å². The van der Waals surface area contributed by atoms with Gasteiger partial charge in [0.25, 0.3) is 0 Å². The number of hydrazine groups is 1. The minimum atomic E-state index is -0.924. The van der Waals surface area contributed by atoms with Gasteiger partial charge in [0.15, 0.2) is 0 Å². The number of nitrogens with one attached hydrogen (secondary N) is 1. The minimum Gasteiger partial charge on any atom is -0.271 e. The van der Waals surface area contributed by atoms with Crippen molar-refractivity contribution in [2.45, 2.75) is 6.04 Å². The number of halogens is 4. The van der Waals surface area contributed by atoms with Crippen LogP contribution >= 0.6 is 23.2 Å². The van der Waals surface area contributed by atoms with Crippen LogP contribution in [0.25, 0.3) is 0 Å². The number of benzene rings is 2. The van der Waals surface area contributed by atoms with Gasteiger partial charge in [-0.1, -0.05) is 29.3 Å². The second-order valence-corrected chi connectivity index (χ2v) is 4.74. The summed E-state index contributed by atoms with van der Waals surface area (Å²) in [6.07, 6.45) is 0. The summed E-state index contributed by atoms with van der Waals surface area (Å²) in [5.41, 5.74) is 2.56. The Kier molecular flexibility index (Phi) is 4.37. The molecule has 0 bridgehead atoms. The fourth-order valence-corrected chi connectivity index (χ4v) is 2.26. The van der Waals surface area contributed by atoms with Gasteiger partial charge in [-0.3, -0.25) is 5.84 Å². The van der Waals surface area contributed by atoms with Crippen LogP contribution in [0.3, 0.4) is 0 Å². The van der Waals surface area contributed by atoms with Crippen LogP contribution in [0.2, 0.25) is 10.0 Å². The fourth-order valence-electron chi connectivity index (χ4n) is 1.85. The third-order valence-electron chi connectivity index (χ3n) is 2.72. The zero-order chi connectivity index (χ0) is 14.0. The first kappa shape index (κ1) is 14.2. The van der Waals surface area contributed by atoms with Gasteiger partial charge >= 0.3 is 0 Å². The normalized spacial score (nSPS) is 12.5. The topological polar surface area (TPSA) is 38.0 Å². The molecule has 0 saturated carbocycles. The molecule has 0 spiro atoms. The molecule has 0 aliphatic heterocycles. The van der Waals surface area contributed by atoms with Gasteiger partial charge in [-0.25, -0.2) is 14.2 Å². The smallest absolute Gasteiger partial charge is 0.131 e. The van der Waals surface area contributed by atoms with Crippen LogP contribution in [0.1, 0.15) is 17.2 Å². The molecule has 2 aromatic carbocycles. The predicted molar refractivity (Wildman–Crippen MR) is 72.0 cm³/mol. The maximum absolute atomic E-state index is 13.8. The van der Waals surface area contributed by atoms with E-state index in [-0.39, 0.29) is 5.56 Å². The first-order valence-electron chi connectivity index (χ1n) is 5.39. The van der Waals surface area contributed by atoms with Crippen LogP contribution in [0.5, 0.6) is 0 Å². The molecular formula is C13H10Cl2F2N2. The van der Waals surface area contributed by atoms with Crippen molar-refractivity contribution < 1.29 is 8.78 Å². The second-order valence-electron chi connectivity index (χ2n) is 3.90. The summed E-state index contributed by atoms with van der Waals surface area (Å²) in [6, 6.07) is 7.30. The standard InChI is InChI=1S/C13H10Cl2F2N2/c14-7-4-5-9(15)8(6-7)13(19-18)12-10(16)2-1-3-11(12)17/h1-6,13,19H,18H2. The van der Waals surface area contributed by atoms with Crippen LogP contribution in [0, 0.1) is 11.6 Å². The first-order valence-corrected chi connectivity index (χ1v) is 6.15. The van der Waals surface area contributed by atoms with E-state index in [1.54, 1.807) is 12.1 Å². The Labute approximate surface area is 119 Å². The van der Waals surface area contributed by atoms with Crippen LogP contribution in [0.15, 0.2) is 36.4 Å². The van der Waals surface area contributed by atoms with Crippen LogP contribution in [-0.2, 0) is 0 Å². The van der Waals surface area contributed by atoms with E-state index in [0.29, 0.717) is 15.6 Å². The molecule has 0 fully saturated rings. The highest BCUT2D eigenvalue weighted by molar-refractivity contribution is 6.33. The summed E-state index contributed by atoms with van der Waals surface area (Å²) >= 11 is 11.9. The molecule has 2 rings (SSSR count). The number of rotatable bonds is 3. The van der Waals surface area contributed by atoms with Crippen LogP contribution in [-0.4, -0.2) is 0 Å². The van der Waals surface area contributed by atoms with Gasteiger partial charge in [0.2, 0.25) is 0 Å². The molecule has 2 nitrogen and oxygen atoms in total. The third kappa shape index (κ3) is 2.87. The van der Waals surface area contributed by atoms with E-state index in [1.165, 1.54) is 12.1 Å². The first-order chi connectivity index (χ1) is 9.04. The molecule has 0 aliphatic rings. The fraction of sp³-hybridized carbons (Fsp3) is 0.0769. The van der Waals surface area contributed by atoms with E-state index in [9.17, 15) is 8.78 Å².